The van der Waals surface area contributed by atoms with Gasteiger partial charge in [-0.2, -0.15) is 0 Å². The van der Waals surface area contributed by atoms with Gasteiger partial charge in [0, 0.05) is 17.8 Å². The molecule has 0 spiro atoms. The molecule has 0 bridgehead atoms. The van der Waals surface area contributed by atoms with Crippen LogP contribution in [0.1, 0.15) is 33.6 Å². The average molecular weight is 440 g/mol. The van der Waals surface area contributed by atoms with Gasteiger partial charge in [-0.1, -0.05) is 13.0 Å². The molecule has 1 atom stereocenters. The Kier molecular flexibility index (Phi) is 7.35. The molecule has 0 unspecified atom stereocenters. The van der Waals surface area contributed by atoms with Crippen molar-refractivity contribution in [1.29, 1.82) is 0 Å². The minimum Gasteiger partial charge on any atom is -0.497 e. The predicted molar refractivity (Wildman–Crippen MR) is 122 cm³/mol. The van der Waals surface area contributed by atoms with Crippen molar-refractivity contribution >= 4 is 29.2 Å². The SMILES string of the molecule is CCCOc1ccc(NC(=O)C[C@@H]2C(=O)N(c3cccc(OC)c3)C(=O)N2C(C)C)cc1. The van der Waals surface area contributed by atoms with Gasteiger partial charge >= 0.3 is 6.03 Å². The van der Waals surface area contributed by atoms with E-state index in [-0.39, 0.29) is 18.4 Å². The fourth-order valence-electron chi connectivity index (χ4n) is 3.61. The lowest BCUT2D eigenvalue weighted by atomic mass is 10.1. The molecular weight excluding hydrogens is 410 g/mol. The number of rotatable bonds is 9. The highest BCUT2D eigenvalue weighted by molar-refractivity contribution is 6.22. The molecule has 0 aromatic heterocycles. The van der Waals surface area contributed by atoms with Crippen LogP contribution in [0.5, 0.6) is 11.5 Å². The number of methoxy groups -OCH3 is 1. The first-order valence-electron chi connectivity index (χ1n) is 10.7. The molecule has 1 heterocycles. The van der Waals surface area contributed by atoms with Gasteiger partial charge in [0.25, 0.3) is 5.91 Å². The number of benzene rings is 2. The fourth-order valence-corrected chi connectivity index (χ4v) is 3.61. The normalized spacial score (nSPS) is 16.0. The van der Waals surface area contributed by atoms with E-state index in [1.54, 1.807) is 48.5 Å². The zero-order chi connectivity index (χ0) is 23.3. The molecule has 1 N–H and O–H groups in total. The number of hydrogen-bond donors (Lipinski definition) is 1. The second-order valence-corrected chi connectivity index (χ2v) is 7.80. The van der Waals surface area contributed by atoms with Crippen LogP contribution in [0.3, 0.4) is 0 Å². The van der Waals surface area contributed by atoms with E-state index in [1.165, 1.54) is 12.0 Å². The fraction of sp³-hybridized carbons (Fsp3) is 0.375. The third kappa shape index (κ3) is 5.01. The first-order valence-corrected chi connectivity index (χ1v) is 10.7. The zero-order valence-electron chi connectivity index (χ0n) is 18.8. The number of urea groups is 1. The maximum Gasteiger partial charge on any atom is 0.332 e. The molecule has 0 aliphatic carbocycles. The molecule has 2 aromatic rings. The maximum absolute atomic E-state index is 13.2. The number of nitrogens with one attached hydrogen (secondary N) is 1. The second kappa shape index (κ2) is 10.2. The number of anilines is 2. The molecule has 1 aliphatic heterocycles. The van der Waals surface area contributed by atoms with Crippen molar-refractivity contribution in [2.45, 2.75) is 45.7 Å². The molecule has 4 amide bonds. The molecule has 32 heavy (non-hydrogen) atoms. The Morgan fingerprint density at radius 1 is 1.09 bits per heavy atom. The molecule has 0 radical (unpaired) electrons. The van der Waals surface area contributed by atoms with Crippen molar-refractivity contribution in [2.75, 3.05) is 23.9 Å². The highest BCUT2D eigenvalue weighted by atomic mass is 16.5. The van der Waals surface area contributed by atoms with Gasteiger partial charge in [-0.3, -0.25) is 9.59 Å². The van der Waals surface area contributed by atoms with Crippen molar-refractivity contribution in [2.24, 2.45) is 0 Å². The topological polar surface area (TPSA) is 88.2 Å². The van der Waals surface area contributed by atoms with Crippen LogP contribution in [0, 0.1) is 0 Å². The summed E-state index contributed by atoms with van der Waals surface area (Å²) in [6, 6.07) is 12.2. The number of carbonyl (C=O) groups excluding carboxylic acids is 3. The molecule has 3 rings (SSSR count). The molecule has 1 saturated heterocycles. The van der Waals surface area contributed by atoms with Crippen molar-refractivity contribution in [3.8, 4) is 11.5 Å². The van der Waals surface area contributed by atoms with Gasteiger partial charge in [0.2, 0.25) is 5.91 Å². The summed E-state index contributed by atoms with van der Waals surface area (Å²) in [6.07, 6.45) is 0.767. The third-order valence-corrected chi connectivity index (χ3v) is 5.11. The van der Waals surface area contributed by atoms with Crippen LogP contribution in [-0.2, 0) is 9.59 Å². The Balaban J connectivity index is 1.74. The lowest BCUT2D eigenvalue weighted by Gasteiger charge is -2.25. The molecule has 8 heteroatoms. The summed E-state index contributed by atoms with van der Waals surface area (Å²) < 4.78 is 10.8. The van der Waals surface area contributed by atoms with Gasteiger partial charge < -0.3 is 19.7 Å². The maximum atomic E-state index is 13.2. The van der Waals surface area contributed by atoms with Gasteiger partial charge in [-0.25, -0.2) is 9.69 Å². The van der Waals surface area contributed by atoms with E-state index in [9.17, 15) is 14.4 Å². The van der Waals surface area contributed by atoms with E-state index in [2.05, 4.69) is 5.32 Å². The van der Waals surface area contributed by atoms with Gasteiger partial charge in [-0.15, -0.1) is 0 Å². The van der Waals surface area contributed by atoms with E-state index in [0.29, 0.717) is 23.7 Å². The van der Waals surface area contributed by atoms with Gasteiger partial charge in [0.05, 0.1) is 25.8 Å². The van der Waals surface area contributed by atoms with Crippen molar-refractivity contribution in [1.82, 2.24) is 4.90 Å². The predicted octanol–water partition coefficient (Wildman–Crippen LogP) is 4.06. The Morgan fingerprint density at radius 3 is 2.44 bits per heavy atom. The molecule has 1 fully saturated rings. The number of hydrogen-bond acceptors (Lipinski definition) is 5. The highest BCUT2D eigenvalue weighted by Crippen LogP contribution is 2.30. The number of amides is 4. The Morgan fingerprint density at radius 2 is 1.81 bits per heavy atom. The van der Waals surface area contributed by atoms with Crippen LogP contribution < -0.4 is 19.7 Å². The lowest BCUT2D eigenvalue weighted by Crippen LogP contribution is -2.42. The zero-order valence-corrected chi connectivity index (χ0v) is 18.8. The Bertz CT molecular complexity index is 974. The van der Waals surface area contributed by atoms with E-state index >= 15 is 0 Å². The largest absolute Gasteiger partial charge is 0.497 e. The first kappa shape index (κ1) is 23.1. The quantitative estimate of drug-likeness (QED) is 0.596. The number of imide groups is 1. The van der Waals surface area contributed by atoms with Crippen LogP contribution in [0.4, 0.5) is 16.2 Å². The molecular formula is C24H29N3O5. The third-order valence-electron chi connectivity index (χ3n) is 5.11. The summed E-state index contributed by atoms with van der Waals surface area (Å²) >= 11 is 0. The molecule has 0 saturated carbocycles. The number of ether oxygens (including phenoxy) is 2. The molecule has 1 aliphatic rings. The van der Waals surface area contributed by atoms with E-state index in [4.69, 9.17) is 9.47 Å². The van der Waals surface area contributed by atoms with Gasteiger partial charge in [0.1, 0.15) is 17.5 Å². The summed E-state index contributed by atoms with van der Waals surface area (Å²) in [4.78, 5) is 41.5. The van der Waals surface area contributed by atoms with Crippen LogP contribution >= 0.6 is 0 Å². The van der Waals surface area contributed by atoms with E-state index in [0.717, 1.165) is 17.1 Å². The Labute approximate surface area is 188 Å². The standard InChI is InChI=1S/C24H29N3O5/c1-5-13-32-19-11-9-17(10-12-19)25-22(28)15-21-23(29)27(24(30)26(21)16(2)3)18-7-6-8-20(14-18)31-4/h6-12,14,16,21H,5,13,15H2,1-4H3,(H,25,28)/t21-/m1/s1. The molecule has 170 valence electrons. The van der Waals surface area contributed by atoms with Crippen LogP contribution in [-0.4, -0.2) is 48.5 Å². The molecule has 8 nitrogen and oxygen atoms in total. The Hall–Kier alpha value is -3.55. The highest BCUT2D eigenvalue weighted by Gasteiger charge is 2.47. The van der Waals surface area contributed by atoms with Gasteiger partial charge in [-0.05, 0) is 56.7 Å². The van der Waals surface area contributed by atoms with E-state index < -0.39 is 18.0 Å². The number of carbonyl (C=O) groups is 3. The second-order valence-electron chi connectivity index (χ2n) is 7.80. The summed E-state index contributed by atoms with van der Waals surface area (Å²) in [6.45, 7) is 6.29. The summed E-state index contributed by atoms with van der Waals surface area (Å²) in [5.41, 5.74) is 1.01. The monoisotopic (exact) mass is 439 g/mol. The van der Waals surface area contributed by atoms with Crippen molar-refractivity contribution in [3.63, 3.8) is 0 Å². The minimum atomic E-state index is -0.888. The lowest BCUT2D eigenvalue weighted by molar-refractivity contribution is -0.124. The van der Waals surface area contributed by atoms with Crippen molar-refractivity contribution < 1.29 is 23.9 Å². The van der Waals surface area contributed by atoms with E-state index in [1.807, 2.05) is 20.8 Å². The van der Waals surface area contributed by atoms with Crippen LogP contribution in [0.25, 0.3) is 0 Å². The molecule has 2 aromatic carbocycles. The first-order chi connectivity index (χ1) is 15.3. The van der Waals surface area contributed by atoms with Gasteiger partial charge in [0.15, 0.2) is 0 Å². The van der Waals surface area contributed by atoms with Crippen LogP contribution in [0.15, 0.2) is 48.5 Å². The minimum absolute atomic E-state index is 0.142. The van der Waals surface area contributed by atoms with Crippen molar-refractivity contribution in [3.05, 3.63) is 48.5 Å². The summed E-state index contributed by atoms with van der Waals surface area (Å²) in [5, 5.41) is 2.80. The summed E-state index contributed by atoms with van der Waals surface area (Å²) in [5.74, 6) is 0.472. The van der Waals surface area contributed by atoms with Crippen LogP contribution in [0.2, 0.25) is 0 Å². The summed E-state index contributed by atoms with van der Waals surface area (Å²) in [7, 11) is 1.52. The smallest absolute Gasteiger partial charge is 0.332 e. The number of nitrogens with zero attached hydrogens (tertiary/aromatic N) is 2. The average Bonchev–Trinajstić information content (AvgIpc) is 3.02.